The highest BCUT2D eigenvalue weighted by atomic mass is 19.2. The third-order valence-electron chi connectivity index (χ3n) is 2.75. The van der Waals surface area contributed by atoms with Crippen molar-refractivity contribution in [1.82, 2.24) is 0 Å². The molecule has 3 nitrogen and oxygen atoms in total. The van der Waals surface area contributed by atoms with Crippen LogP contribution in [0, 0.1) is 23.4 Å². The topological polar surface area (TPSA) is 55.1 Å². The van der Waals surface area contributed by atoms with Crippen molar-refractivity contribution in [1.29, 1.82) is 0 Å². The number of anilines is 1. The summed E-state index contributed by atoms with van der Waals surface area (Å²) in [6.45, 7) is 0. The van der Waals surface area contributed by atoms with E-state index in [1.165, 1.54) is 0 Å². The Morgan fingerprint density at radius 1 is 1.22 bits per heavy atom. The van der Waals surface area contributed by atoms with Gasteiger partial charge >= 0.3 is 0 Å². The molecule has 0 bridgehead atoms. The lowest BCUT2D eigenvalue weighted by molar-refractivity contribution is -0.118. The summed E-state index contributed by atoms with van der Waals surface area (Å²) in [5, 5.41) is 2.21. The second-order valence-corrected chi connectivity index (χ2v) is 4.10. The SMILES string of the molecule is NC1C=CC(C(=O)Nc2ccc(F)c(F)c2F)C1. The molecule has 0 radical (unpaired) electrons. The highest BCUT2D eigenvalue weighted by molar-refractivity contribution is 5.94. The van der Waals surface area contributed by atoms with Crippen molar-refractivity contribution in [2.45, 2.75) is 12.5 Å². The summed E-state index contributed by atoms with van der Waals surface area (Å²) in [6, 6.07) is 1.52. The first kappa shape index (κ1) is 12.6. The number of amides is 1. The molecular formula is C12H11F3N2O. The quantitative estimate of drug-likeness (QED) is 0.627. The maximum absolute atomic E-state index is 13.3. The Bertz CT molecular complexity index is 516. The highest BCUT2D eigenvalue weighted by Crippen LogP contribution is 2.22. The maximum Gasteiger partial charge on any atom is 0.231 e. The Hall–Kier alpha value is -1.82. The molecular weight excluding hydrogens is 245 g/mol. The zero-order valence-electron chi connectivity index (χ0n) is 9.29. The predicted molar refractivity (Wildman–Crippen MR) is 60.2 cm³/mol. The number of rotatable bonds is 2. The Labute approximate surface area is 101 Å². The summed E-state index contributed by atoms with van der Waals surface area (Å²) in [5.74, 6) is -5.29. The van der Waals surface area contributed by atoms with Crippen LogP contribution in [0.1, 0.15) is 6.42 Å². The number of hydrogen-bond donors (Lipinski definition) is 2. The van der Waals surface area contributed by atoms with Crippen LogP contribution in [0.15, 0.2) is 24.3 Å². The molecule has 1 aromatic carbocycles. The van der Waals surface area contributed by atoms with E-state index in [4.69, 9.17) is 5.73 Å². The Kier molecular flexibility index (Phi) is 3.38. The highest BCUT2D eigenvalue weighted by Gasteiger charge is 2.24. The van der Waals surface area contributed by atoms with E-state index in [1.54, 1.807) is 12.2 Å². The van der Waals surface area contributed by atoms with Crippen molar-refractivity contribution >= 4 is 11.6 Å². The molecule has 0 saturated carbocycles. The second-order valence-electron chi connectivity index (χ2n) is 4.10. The third kappa shape index (κ3) is 2.38. The molecule has 2 rings (SSSR count). The molecule has 18 heavy (non-hydrogen) atoms. The number of nitrogens with two attached hydrogens (primary N) is 1. The van der Waals surface area contributed by atoms with Gasteiger partial charge in [-0.1, -0.05) is 12.2 Å². The lowest BCUT2D eigenvalue weighted by Crippen LogP contribution is -2.24. The molecule has 1 amide bonds. The average molecular weight is 256 g/mol. The molecule has 0 spiro atoms. The molecule has 1 aliphatic carbocycles. The number of hydrogen-bond acceptors (Lipinski definition) is 2. The zero-order chi connectivity index (χ0) is 13.3. The molecule has 0 aliphatic heterocycles. The first-order valence-electron chi connectivity index (χ1n) is 5.37. The normalized spacial score (nSPS) is 22.2. The van der Waals surface area contributed by atoms with Gasteiger partial charge in [-0.25, -0.2) is 13.2 Å². The maximum atomic E-state index is 13.3. The van der Waals surface area contributed by atoms with Crippen LogP contribution in [-0.2, 0) is 4.79 Å². The van der Waals surface area contributed by atoms with Crippen LogP contribution >= 0.6 is 0 Å². The molecule has 0 fully saturated rings. The molecule has 0 saturated heterocycles. The van der Waals surface area contributed by atoms with Gasteiger partial charge in [0.25, 0.3) is 0 Å². The predicted octanol–water partition coefficient (Wildman–Crippen LogP) is 1.95. The summed E-state index contributed by atoms with van der Waals surface area (Å²) in [5.41, 5.74) is 5.20. The lowest BCUT2D eigenvalue weighted by atomic mass is 10.1. The smallest absolute Gasteiger partial charge is 0.231 e. The summed E-state index contributed by atoms with van der Waals surface area (Å²) >= 11 is 0. The van der Waals surface area contributed by atoms with Crippen LogP contribution < -0.4 is 11.1 Å². The van der Waals surface area contributed by atoms with Gasteiger partial charge in [0, 0.05) is 6.04 Å². The van der Waals surface area contributed by atoms with Crippen molar-refractivity contribution in [3.63, 3.8) is 0 Å². The first-order valence-corrected chi connectivity index (χ1v) is 5.37. The molecule has 3 N–H and O–H groups in total. The number of nitrogens with one attached hydrogen (secondary N) is 1. The van der Waals surface area contributed by atoms with Gasteiger partial charge in [-0.3, -0.25) is 4.79 Å². The van der Waals surface area contributed by atoms with Crippen LogP contribution in [0.3, 0.4) is 0 Å². The van der Waals surface area contributed by atoms with Crippen LogP contribution in [0.2, 0.25) is 0 Å². The van der Waals surface area contributed by atoms with E-state index < -0.39 is 29.3 Å². The monoisotopic (exact) mass is 256 g/mol. The van der Waals surface area contributed by atoms with Crippen molar-refractivity contribution in [3.8, 4) is 0 Å². The number of halogens is 3. The fraction of sp³-hybridized carbons (Fsp3) is 0.250. The fourth-order valence-corrected chi connectivity index (χ4v) is 1.77. The van der Waals surface area contributed by atoms with E-state index in [-0.39, 0.29) is 11.7 Å². The molecule has 0 heterocycles. The van der Waals surface area contributed by atoms with E-state index in [1.807, 2.05) is 0 Å². The van der Waals surface area contributed by atoms with Gasteiger partial charge in [-0.2, -0.15) is 0 Å². The molecule has 2 unspecified atom stereocenters. The minimum atomic E-state index is -1.61. The van der Waals surface area contributed by atoms with E-state index in [2.05, 4.69) is 5.32 Å². The van der Waals surface area contributed by atoms with E-state index >= 15 is 0 Å². The first-order chi connectivity index (χ1) is 8.49. The summed E-state index contributed by atoms with van der Waals surface area (Å²) in [6.07, 6.45) is 3.70. The third-order valence-corrected chi connectivity index (χ3v) is 2.75. The largest absolute Gasteiger partial charge is 0.324 e. The summed E-state index contributed by atoms with van der Waals surface area (Å²) < 4.78 is 39.0. The minimum absolute atomic E-state index is 0.212. The van der Waals surface area contributed by atoms with Crippen molar-refractivity contribution in [2.24, 2.45) is 11.7 Å². The Balaban J connectivity index is 2.13. The lowest BCUT2D eigenvalue weighted by Gasteiger charge is -2.11. The second kappa shape index (κ2) is 4.81. The number of carbonyl (C=O) groups is 1. The fourth-order valence-electron chi connectivity index (χ4n) is 1.77. The Morgan fingerprint density at radius 2 is 1.94 bits per heavy atom. The van der Waals surface area contributed by atoms with Crippen molar-refractivity contribution in [2.75, 3.05) is 5.32 Å². The summed E-state index contributed by atoms with van der Waals surface area (Å²) in [4.78, 5) is 11.7. The van der Waals surface area contributed by atoms with E-state index in [0.717, 1.165) is 12.1 Å². The van der Waals surface area contributed by atoms with E-state index in [0.29, 0.717) is 6.42 Å². The average Bonchev–Trinajstić information content (AvgIpc) is 2.77. The van der Waals surface area contributed by atoms with Crippen molar-refractivity contribution < 1.29 is 18.0 Å². The molecule has 0 aromatic heterocycles. The van der Waals surface area contributed by atoms with Gasteiger partial charge in [0.1, 0.15) is 0 Å². The van der Waals surface area contributed by atoms with Gasteiger partial charge in [0.05, 0.1) is 11.6 Å². The summed E-state index contributed by atoms with van der Waals surface area (Å²) in [7, 11) is 0. The van der Waals surface area contributed by atoms with Gasteiger partial charge in [0.15, 0.2) is 17.5 Å². The van der Waals surface area contributed by atoms with Gasteiger partial charge in [-0.05, 0) is 18.6 Å². The van der Waals surface area contributed by atoms with Gasteiger partial charge in [0.2, 0.25) is 5.91 Å². The molecule has 1 aliphatic rings. The van der Waals surface area contributed by atoms with Crippen LogP contribution in [0.4, 0.5) is 18.9 Å². The number of benzene rings is 1. The minimum Gasteiger partial charge on any atom is -0.324 e. The number of carbonyl (C=O) groups excluding carboxylic acids is 1. The van der Waals surface area contributed by atoms with Gasteiger partial charge < -0.3 is 11.1 Å². The molecule has 2 atom stereocenters. The van der Waals surface area contributed by atoms with Gasteiger partial charge in [-0.15, -0.1) is 0 Å². The van der Waals surface area contributed by atoms with Crippen LogP contribution in [-0.4, -0.2) is 11.9 Å². The molecule has 96 valence electrons. The standard InChI is InChI=1S/C12H11F3N2O/c13-8-3-4-9(11(15)10(8)14)17-12(18)6-1-2-7(16)5-6/h1-4,6-7H,5,16H2,(H,17,18). The van der Waals surface area contributed by atoms with Crippen molar-refractivity contribution in [3.05, 3.63) is 41.7 Å². The van der Waals surface area contributed by atoms with E-state index in [9.17, 15) is 18.0 Å². The van der Waals surface area contributed by atoms with Crippen LogP contribution in [0.25, 0.3) is 0 Å². The van der Waals surface area contributed by atoms with Crippen LogP contribution in [0.5, 0.6) is 0 Å². The molecule has 1 aromatic rings. The zero-order valence-corrected chi connectivity index (χ0v) is 9.29. The Morgan fingerprint density at radius 3 is 2.56 bits per heavy atom. The molecule has 6 heteroatoms.